The minimum Gasteiger partial charge on any atom is -0.496 e. The third-order valence-electron chi connectivity index (χ3n) is 5.58. The van der Waals surface area contributed by atoms with Crippen molar-refractivity contribution < 1.29 is 9.53 Å². The van der Waals surface area contributed by atoms with E-state index in [9.17, 15) is 4.79 Å². The number of ether oxygens (including phenoxy) is 1. The van der Waals surface area contributed by atoms with Gasteiger partial charge in [0.1, 0.15) is 17.4 Å². The SMILES string of the molecule is COc1ccccc1CCC(=O)N1CCCC(c2cccc(Nc3cnccn3)n2)C1. The molecule has 160 valence electrons. The first kappa shape index (κ1) is 20.8. The Morgan fingerprint density at radius 3 is 2.90 bits per heavy atom. The van der Waals surface area contributed by atoms with Crippen LogP contribution in [0.4, 0.5) is 11.6 Å². The van der Waals surface area contributed by atoms with Crippen LogP contribution in [0.1, 0.15) is 36.4 Å². The fourth-order valence-electron chi connectivity index (χ4n) is 4.00. The van der Waals surface area contributed by atoms with E-state index in [2.05, 4.69) is 15.3 Å². The second kappa shape index (κ2) is 10.0. The molecular weight excluding hydrogens is 390 g/mol. The number of para-hydroxylation sites is 1. The molecule has 2 aromatic heterocycles. The molecule has 0 radical (unpaired) electrons. The van der Waals surface area contributed by atoms with E-state index in [1.807, 2.05) is 47.4 Å². The van der Waals surface area contributed by atoms with Crippen LogP contribution in [0.2, 0.25) is 0 Å². The lowest BCUT2D eigenvalue weighted by Crippen LogP contribution is -2.39. The average Bonchev–Trinajstić information content (AvgIpc) is 2.83. The maximum absolute atomic E-state index is 12.9. The summed E-state index contributed by atoms with van der Waals surface area (Å²) in [6.07, 6.45) is 8.11. The average molecular weight is 418 g/mol. The quantitative estimate of drug-likeness (QED) is 0.627. The molecule has 1 unspecified atom stereocenters. The Morgan fingerprint density at radius 1 is 1.16 bits per heavy atom. The number of aryl methyl sites for hydroxylation is 1. The second-order valence-corrected chi connectivity index (χ2v) is 7.65. The topological polar surface area (TPSA) is 80.2 Å². The van der Waals surface area contributed by atoms with Crippen LogP contribution in [0.3, 0.4) is 0 Å². The zero-order valence-corrected chi connectivity index (χ0v) is 17.7. The van der Waals surface area contributed by atoms with Gasteiger partial charge in [-0.2, -0.15) is 0 Å². The highest BCUT2D eigenvalue weighted by Crippen LogP contribution is 2.28. The predicted molar refractivity (Wildman–Crippen MR) is 119 cm³/mol. The number of amides is 1. The van der Waals surface area contributed by atoms with Gasteiger partial charge in [0.2, 0.25) is 5.91 Å². The van der Waals surface area contributed by atoms with E-state index in [0.717, 1.165) is 42.2 Å². The second-order valence-electron chi connectivity index (χ2n) is 7.65. The predicted octanol–water partition coefficient (Wildman–Crippen LogP) is 3.96. The van der Waals surface area contributed by atoms with Crippen LogP contribution in [0.15, 0.2) is 61.1 Å². The Morgan fingerprint density at radius 2 is 2.06 bits per heavy atom. The molecule has 0 saturated carbocycles. The van der Waals surface area contributed by atoms with Gasteiger partial charge in [-0.05, 0) is 43.0 Å². The Labute approximate surface area is 182 Å². The molecule has 0 spiro atoms. The van der Waals surface area contributed by atoms with Crippen LogP contribution in [-0.2, 0) is 11.2 Å². The van der Waals surface area contributed by atoms with Gasteiger partial charge in [0.25, 0.3) is 0 Å². The summed E-state index contributed by atoms with van der Waals surface area (Å²) in [5.41, 5.74) is 2.06. The number of methoxy groups -OCH3 is 1. The minimum absolute atomic E-state index is 0.185. The molecule has 3 heterocycles. The number of hydrogen-bond acceptors (Lipinski definition) is 6. The summed E-state index contributed by atoms with van der Waals surface area (Å²) in [7, 11) is 1.66. The van der Waals surface area contributed by atoms with Gasteiger partial charge in [-0.15, -0.1) is 0 Å². The van der Waals surface area contributed by atoms with Gasteiger partial charge in [0.15, 0.2) is 0 Å². The van der Waals surface area contributed by atoms with Crippen molar-refractivity contribution in [3.8, 4) is 5.75 Å². The summed E-state index contributed by atoms with van der Waals surface area (Å²) in [5, 5.41) is 3.19. The van der Waals surface area contributed by atoms with E-state index in [4.69, 9.17) is 9.72 Å². The highest BCUT2D eigenvalue weighted by Gasteiger charge is 2.25. The number of hydrogen-bond donors (Lipinski definition) is 1. The number of piperidine rings is 1. The summed E-state index contributed by atoms with van der Waals surface area (Å²) in [4.78, 5) is 27.9. The molecule has 3 aromatic rings. The molecule has 1 saturated heterocycles. The molecular formula is C24H27N5O2. The lowest BCUT2D eigenvalue weighted by atomic mass is 9.93. The standard InChI is InChI=1S/C24H27N5O2/c1-31-21-9-3-2-6-18(21)11-12-24(30)29-15-5-7-19(17-29)20-8-4-10-22(27-20)28-23-16-25-13-14-26-23/h2-4,6,8-10,13-14,16,19H,5,7,11-12,15,17H2,1H3,(H,26,27,28). The van der Waals surface area contributed by atoms with Crippen LogP contribution in [-0.4, -0.2) is 46.0 Å². The van der Waals surface area contributed by atoms with Gasteiger partial charge in [-0.25, -0.2) is 9.97 Å². The molecule has 31 heavy (non-hydrogen) atoms. The van der Waals surface area contributed by atoms with Crippen molar-refractivity contribution >= 4 is 17.5 Å². The summed E-state index contributed by atoms with van der Waals surface area (Å²) < 4.78 is 5.40. The smallest absolute Gasteiger partial charge is 0.222 e. The first-order chi connectivity index (χ1) is 15.2. The van der Waals surface area contributed by atoms with Crippen LogP contribution < -0.4 is 10.1 Å². The molecule has 1 aliphatic heterocycles. The van der Waals surface area contributed by atoms with Crippen molar-refractivity contribution in [2.75, 3.05) is 25.5 Å². The number of likely N-dealkylation sites (tertiary alicyclic amines) is 1. The molecule has 1 atom stereocenters. The Bertz CT molecular complexity index is 1010. The zero-order valence-electron chi connectivity index (χ0n) is 17.7. The number of nitrogens with zero attached hydrogens (tertiary/aromatic N) is 4. The van der Waals surface area contributed by atoms with Gasteiger partial charge in [-0.1, -0.05) is 24.3 Å². The summed E-state index contributed by atoms with van der Waals surface area (Å²) >= 11 is 0. The van der Waals surface area contributed by atoms with Crippen LogP contribution >= 0.6 is 0 Å². The van der Waals surface area contributed by atoms with Gasteiger partial charge >= 0.3 is 0 Å². The number of benzene rings is 1. The maximum atomic E-state index is 12.9. The monoisotopic (exact) mass is 417 g/mol. The summed E-state index contributed by atoms with van der Waals surface area (Å²) in [5.74, 6) is 2.64. The van der Waals surface area contributed by atoms with Gasteiger partial charge in [0.05, 0.1) is 13.3 Å². The molecule has 4 rings (SSSR count). The minimum atomic E-state index is 0.185. The van der Waals surface area contributed by atoms with Gasteiger partial charge in [-0.3, -0.25) is 9.78 Å². The lowest BCUT2D eigenvalue weighted by molar-refractivity contribution is -0.132. The highest BCUT2D eigenvalue weighted by molar-refractivity contribution is 5.76. The number of nitrogens with one attached hydrogen (secondary N) is 1. The van der Waals surface area contributed by atoms with Gasteiger partial charge < -0.3 is 15.0 Å². The van der Waals surface area contributed by atoms with Crippen LogP contribution in [0, 0.1) is 0 Å². The van der Waals surface area contributed by atoms with Crippen molar-refractivity contribution in [2.24, 2.45) is 0 Å². The molecule has 7 heteroatoms. The molecule has 0 bridgehead atoms. The molecule has 1 fully saturated rings. The molecule has 7 nitrogen and oxygen atoms in total. The van der Waals surface area contributed by atoms with E-state index in [0.29, 0.717) is 25.2 Å². The fourth-order valence-corrected chi connectivity index (χ4v) is 4.00. The van der Waals surface area contributed by atoms with E-state index >= 15 is 0 Å². The summed E-state index contributed by atoms with van der Waals surface area (Å²) in [6, 6.07) is 13.8. The number of rotatable bonds is 7. The Kier molecular flexibility index (Phi) is 6.72. The molecule has 1 amide bonds. The van der Waals surface area contributed by atoms with E-state index < -0.39 is 0 Å². The zero-order chi connectivity index (χ0) is 21.5. The van der Waals surface area contributed by atoms with Crippen LogP contribution in [0.5, 0.6) is 5.75 Å². The van der Waals surface area contributed by atoms with Crippen molar-refractivity contribution in [1.29, 1.82) is 0 Å². The normalized spacial score (nSPS) is 16.0. The molecule has 1 aromatic carbocycles. The third kappa shape index (κ3) is 5.36. The lowest BCUT2D eigenvalue weighted by Gasteiger charge is -2.32. The molecule has 0 aliphatic carbocycles. The van der Waals surface area contributed by atoms with Crippen molar-refractivity contribution in [2.45, 2.75) is 31.6 Å². The first-order valence-corrected chi connectivity index (χ1v) is 10.6. The number of pyridine rings is 1. The van der Waals surface area contributed by atoms with Crippen LogP contribution in [0.25, 0.3) is 0 Å². The number of anilines is 2. The molecule has 1 aliphatic rings. The largest absolute Gasteiger partial charge is 0.496 e. The maximum Gasteiger partial charge on any atom is 0.222 e. The number of carbonyl (C=O) groups excluding carboxylic acids is 1. The van der Waals surface area contributed by atoms with E-state index in [1.165, 1.54) is 0 Å². The molecule has 1 N–H and O–H groups in total. The van der Waals surface area contributed by atoms with E-state index in [-0.39, 0.29) is 11.8 Å². The number of carbonyl (C=O) groups is 1. The number of aromatic nitrogens is 3. The fraction of sp³-hybridized carbons (Fsp3) is 0.333. The Hall–Kier alpha value is -3.48. The Balaban J connectivity index is 1.38. The first-order valence-electron chi connectivity index (χ1n) is 10.6. The summed E-state index contributed by atoms with van der Waals surface area (Å²) in [6.45, 7) is 1.51. The highest BCUT2D eigenvalue weighted by atomic mass is 16.5. The van der Waals surface area contributed by atoms with Gasteiger partial charge in [0, 0.05) is 43.5 Å². The van der Waals surface area contributed by atoms with Crippen molar-refractivity contribution in [3.05, 3.63) is 72.3 Å². The third-order valence-corrected chi connectivity index (χ3v) is 5.58. The van der Waals surface area contributed by atoms with Crippen molar-refractivity contribution in [1.82, 2.24) is 19.9 Å². The van der Waals surface area contributed by atoms with Crippen molar-refractivity contribution in [3.63, 3.8) is 0 Å². The van der Waals surface area contributed by atoms with E-state index in [1.54, 1.807) is 25.7 Å².